The smallest absolute Gasteiger partial charge is 0.287 e. The predicted molar refractivity (Wildman–Crippen MR) is 68.8 cm³/mol. The molecule has 2 aromatic rings. The fourth-order valence-electron chi connectivity index (χ4n) is 1.60. The molecular weight excluding hydrogens is 320 g/mol. The first-order valence-electron chi connectivity index (χ1n) is 5.53. The Morgan fingerprint density at radius 2 is 1.89 bits per heavy atom. The molecule has 3 nitrogen and oxygen atoms in total. The topological polar surface area (TPSA) is 42.2 Å². The predicted octanol–water partition coefficient (Wildman–Crippen LogP) is 3.29. The maximum absolute atomic E-state index is 12.9. The molecule has 0 aliphatic carbocycles. The number of hydrogen-bond donors (Lipinski definition) is 1. The first-order valence-corrected chi connectivity index (χ1v) is 6.32. The van der Waals surface area contributed by atoms with E-state index in [9.17, 15) is 13.6 Å². The Bertz CT molecular complexity index is 578. The molecule has 0 saturated carbocycles. The van der Waals surface area contributed by atoms with Crippen LogP contribution < -0.4 is 5.32 Å². The Balaban J connectivity index is 1.88. The highest BCUT2D eigenvalue weighted by Crippen LogP contribution is 2.13. The molecule has 1 N–H and O–H groups in total. The second kappa shape index (κ2) is 5.97. The molecule has 100 valence electrons. The van der Waals surface area contributed by atoms with Gasteiger partial charge in [-0.2, -0.15) is 0 Å². The lowest BCUT2D eigenvalue weighted by Crippen LogP contribution is -2.25. The molecule has 1 amide bonds. The third-order valence-electron chi connectivity index (χ3n) is 2.42. The number of rotatable bonds is 4. The van der Waals surface area contributed by atoms with Crippen LogP contribution in [0.2, 0.25) is 0 Å². The highest BCUT2D eigenvalue weighted by atomic mass is 79.9. The van der Waals surface area contributed by atoms with Gasteiger partial charge in [0, 0.05) is 12.6 Å². The van der Waals surface area contributed by atoms with Gasteiger partial charge in [-0.15, -0.1) is 0 Å². The standard InChI is InChI=1S/C13H10BrF2NO2/c14-12-2-1-11(19-12)13(18)17-4-3-8-5-9(15)7-10(16)6-8/h1-2,5-7H,3-4H2,(H,17,18). The molecule has 0 saturated heterocycles. The van der Waals surface area contributed by atoms with E-state index in [0.29, 0.717) is 16.7 Å². The van der Waals surface area contributed by atoms with Crippen LogP contribution in [-0.2, 0) is 6.42 Å². The first kappa shape index (κ1) is 13.7. The van der Waals surface area contributed by atoms with E-state index in [0.717, 1.165) is 6.07 Å². The van der Waals surface area contributed by atoms with E-state index in [1.54, 1.807) is 6.07 Å². The summed E-state index contributed by atoms with van der Waals surface area (Å²) in [5.41, 5.74) is 0.485. The third kappa shape index (κ3) is 3.89. The number of carbonyl (C=O) groups excluding carboxylic acids is 1. The Morgan fingerprint density at radius 1 is 1.21 bits per heavy atom. The van der Waals surface area contributed by atoms with Crippen LogP contribution >= 0.6 is 15.9 Å². The fourth-order valence-corrected chi connectivity index (χ4v) is 1.91. The van der Waals surface area contributed by atoms with Crippen LogP contribution in [0.1, 0.15) is 16.1 Å². The third-order valence-corrected chi connectivity index (χ3v) is 2.84. The van der Waals surface area contributed by atoms with Crippen LogP contribution in [0.3, 0.4) is 0 Å². The van der Waals surface area contributed by atoms with Crippen LogP contribution in [-0.4, -0.2) is 12.5 Å². The summed E-state index contributed by atoms with van der Waals surface area (Å²) in [5, 5.41) is 2.60. The average molecular weight is 330 g/mol. The number of benzene rings is 1. The highest BCUT2D eigenvalue weighted by molar-refractivity contribution is 9.10. The Morgan fingerprint density at radius 3 is 2.47 bits per heavy atom. The summed E-state index contributed by atoms with van der Waals surface area (Å²) in [6, 6.07) is 6.41. The van der Waals surface area contributed by atoms with Gasteiger partial charge < -0.3 is 9.73 Å². The van der Waals surface area contributed by atoms with E-state index >= 15 is 0 Å². The van der Waals surface area contributed by atoms with E-state index < -0.39 is 11.6 Å². The lowest BCUT2D eigenvalue weighted by molar-refractivity contribution is 0.0925. The molecule has 1 heterocycles. The average Bonchev–Trinajstić information content (AvgIpc) is 2.74. The second-order valence-electron chi connectivity index (χ2n) is 3.89. The van der Waals surface area contributed by atoms with Gasteiger partial charge in [-0.05, 0) is 52.2 Å². The Hall–Kier alpha value is -1.69. The molecule has 0 unspecified atom stereocenters. The minimum Gasteiger partial charge on any atom is -0.444 e. The summed E-state index contributed by atoms with van der Waals surface area (Å²) in [5.74, 6) is -1.45. The Kier molecular flexibility index (Phi) is 4.31. The van der Waals surface area contributed by atoms with E-state index in [4.69, 9.17) is 4.42 Å². The molecule has 0 bridgehead atoms. The van der Waals surface area contributed by atoms with E-state index in [-0.39, 0.29) is 18.2 Å². The van der Waals surface area contributed by atoms with Crippen molar-refractivity contribution in [1.29, 1.82) is 0 Å². The minimum atomic E-state index is -0.628. The number of carbonyl (C=O) groups is 1. The molecule has 0 radical (unpaired) electrons. The van der Waals surface area contributed by atoms with Crippen molar-refractivity contribution >= 4 is 21.8 Å². The molecule has 0 atom stereocenters. The summed E-state index contributed by atoms with van der Waals surface area (Å²) in [6.45, 7) is 0.264. The number of nitrogens with one attached hydrogen (secondary N) is 1. The molecule has 19 heavy (non-hydrogen) atoms. The molecule has 6 heteroatoms. The van der Waals surface area contributed by atoms with Gasteiger partial charge >= 0.3 is 0 Å². The van der Waals surface area contributed by atoms with Crippen LogP contribution in [0.15, 0.2) is 39.4 Å². The highest BCUT2D eigenvalue weighted by Gasteiger charge is 2.09. The number of halogens is 3. The van der Waals surface area contributed by atoms with Gasteiger partial charge in [0.05, 0.1) is 0 Å². The maximum atomic E-state index is 12.9. The molecule has 0 aliphatic heterocycles. The van der Waals surface area contributed by atoms with Gasteiger partial charge in [0.1, 0.15) is 11.6 Å². The maximum Gasteiger partial charge on any atom is 0.287 e. The van der Waals surface area contributed by atoms with Crippen molar-refractivity contribution in [3.05, 3.63) is 58.0 Å². The molecule has 0 aliphatic rings. The summed E-state index contributed by atoms with van der Waals surface area (Å²) in [6.07, 6.45) is 0.336. The summed E-state index contributed by atoms with van der Waals surface area (Å²) in [7, 11) is 0. The normalized spacial score (nSPS) is 10.5. The van der Waals surface area contributed by atoms with Gasteiger partial charge in [0.25, 0.3) is 5.91 Å². The fraction of sp³-hybridized carbons (Fsp3) is 0.154. The zero-order valence-corrected chi connectivity index (χ0v) is 11.3. The van der Waals surface area contributed by atoms with Gasteiger partial charge in [-0.3, -0.25) is 4.79 Å². The van der Waals surface area contributed by atoms with Gasteiger partial charge in [0.15, 0.2) is 10.4 Å². The van der Waals surface area contributed by atoms with Gasteiger partial charge in [-0.1, -0.05) is 0 Å². The molecule has 0 fully saturated rings. The van der Waals surface area contributed by atoms with Gasteiger partial charge in [0.2, 0.25) is 0 Å². The van der Waals surface area contributed by atoms with Gasteiger partial charge in [-0.25, -0.2) is 8.78 Å². The number of hydrogen-bond acceptors (Lipinski definition) is 2. The van der Waals surface area contributed by atoms with E-state index in [1.807, 2.05) is 0 Å². The second-order valence-corrected chi connectivity index (χ2v) is 4.67. The molecular formula is C13H10BrF2NO2. The van der Waals surface area contributed by atoms with Crippen LogP contribution in [0.25, 0.3) is 0 Å². The summed E-state index contributed by atoms with van der Waals surface area (Å²) in [4.78, 5) is 11.6. The van der Waals surface area contributed by atoms with Crippen molar-refractivity contribution in [2.45, 2.75) is 6.42 Å². The van der Waals surface area contributed by atoms with Crippen molar-refractivity contribution in [3.8, 4) is 0 Å². The van der Waals surface area contributed by atoms with E-state index in [2.05, 4.69) is 21.2 Å². The quantitative estimate of drug-likeness (QED) is 0.935. The minimum absolute atomic E-state index is 0.178. The lowest BCUT2D eigenvalue weighted by atomic mass is 10.1. The molecule has 0 spiro atoms. The largest absolute Gasteiger partial charge is 0.444 e. The zero-order chi connectivity index (χ0) is 13.8. The zero-order valence-electron chi connectivity index (χ0n) is 9.75. The Labute approximate surface area is 116 Å². The molecule has 1 aromatic carbocycles. The number of amides is 1. The van der Waals surface area contributed by atoms with Crippen LogP contribution in [0, 0.1) is 11.6 Å². The lowest BCUT2D eigenvalue weighted by Gasteiger charge is -2.04. The first-order chi connectivity index (χ1) is 9.04. The summed E-state index contributed by atoms with van der Waals surface area (Å²) >= 11 is 3.09. The van der Waals surface area contributed by atoms with Crippen molar-refractivity contribution in [3.63, 3.8) is 0 Å². The summed E-state index contributed by atoms with van der Waals surface area (Å²) < 4.78 is 31.4. The van der Waals surface area contributed by atoms with E-state index in [1.165, 1.54) is 18.2 Å². The van der Waals surface area contributed by atoms with Crippen molar-refractivity contribution in [1.82, 2.24) is 5.32 Å². The number of furan rings is 1. The molecule has 1 aromatic heterocycles. The van der Waals surface area contributed by atoms with Crippen LogP contribution in [0.5, 0.6) is 0 Å². The SMILES string of the molecule is O=C(NCCc1cc(F)cc(F)c1)c1ccc(Br)o1. The molecule has 2 rings (SSSR count). The van der Waals surface area contributed by atoms with Crippen molar-refractivity contribution in [2.24, 2.45) is 0 Å². The van der Waals surface area contributed by atoms with Crippen LogP contribution in [0.4, 0.5) is 8.78 Å². The van der Waals surface area contributed by atoms with Crippen molar-refractivity contribution < 1.29 is 18.0 Å². The van der Waals surface area contributed by atoms with Crippen molar-refractivity contribution in [2.75, 3.05) is 6.54 Å². The monoisotopic (exact) mass is 329 g/mol.